The fourth-order valence-electron chi connectivity index (χ4n) is 2.23. The molecule has 0 saturated carbocycles. The van der Waals surface area contributed by atoms with Crippen LogP contribution in [0.25, 0.3) is 0 Å². The van der Waals surface area contributed by atoms with Gasteiger partial charge in [0.05, 0.1) is 0 Å². The van der Waals surface area contributed by atoms with Gasteiger partial charge in [-0.15, -0.1) is 0 Å². The summed E-state index contributed by atoms with van der Waals surface area (Å²) in [4.78, 5) is 9.18. The predicted octanol–water partition coefficient (Wildman–Crippen LogP) is 4.70. The fraction of sp³-hybridized carbons (Fsp3) is 1.00. The first kappa shape index (κ1) is 18.1. The lowest BCUT2D eigenvalue weighted by molar-refractivity contribution is 0.446. The van der Waals surface area contributed by atoms with E-state index in [9.17, 15) is 9.46 Å². The zero-order valence-corrected chi connectivity index (χ0v) is 13.3. The monoisotopic (exact) mass is 277 g/mol. The van der Waals surface area contributed by atoms with Crippen LogP contribution in [-0.4, -0.2) is 17.6 Å². The Morgan fingerprint density at radius 1 is 1.00 bits per heavy atom. The SMILES string of the molecule is CCCCCCCCCCCC(C)NP(C)(=O)O. The van der Waals surface area contributed by atoms with Gasteiger partial charge >= 0.3 is 0 Å². The highest BCUT2D eigenvalue weighted by Crippen LogP contribution is 2.30. The highest BCUT2D eigenvalue weighted by molar-refractivity contribution is 7.55. The molecule has 0 amide bonds. The maximum Gasteiger partial charge on any atom is 0.264 e. The number of rotatable bonds is 12. The smallest absolute Gasteiger partial charge is 0.264 e. The van der Waals surface area contributed by atoms with E-state index in [1.807, 2.05) is 6.92 Å². The first-order valence-corrected chi connectivity index (χ1v) is 9.64. The topological polar surface area (TPSA) is 49.3 Å². The predicted molar refractivity (Wildman–Crippen MR) is 80.2 cm³/mol. The van der Waals surface area contributed by atoms with Crippen LogP contribution >= 0.6 is 7.52 Å². The first-order chi connectivity index (χ1) is 8.45. The Balaban J connectivity index is 3.22. The van der Waals surface area contributed by atoms with Crippen LogP contribution in [0.3, 0.4) is 0 Å². The zero-order valence-electron chi connectivity index (χ0n) is 12.5. The molecule has 0 aliphatic heterocycles. The zero-order chi connectivity index (χ0) is 13.9. The Morgan fingerprint density at radius 2 is 1.44 bits per heavy atom. The van der Waals surface area contributed by atoms with Crippen molar-refractivity contribution < 1.29 is 9.46 Å². The molecule has 0 bridgehead atoms. The van der Waals surface area contributed by atoms with E-state index in [0.29, 0.717) is 0 Å². The molecular weight excluding hydrogens is 245 g/mol. The van der Waals surface area contributed by atoms with Crippen molar-refractivity contribution in [2.75, 3.05) is 6.66 Å². The minimum Gasteiger partial charge on any atom is -0.333 e. The fourth-order valence-corrected chi connectivity index (χ4v) is 3.18. The van der Waals surface area contributed by atoms with Crippen LogP contribution in [0, 0.1) is 0 Å². The third-order valence-electron chi connectivity index (χ3n) is 3.20. The Morgan fingerprint density at radius 3 is 1.89 bits per heavy atom. The summed E-state index contributed by atoms with van der Waals surface area (Å²) in [6.45, 7) is 5.59. The second kappa shape index (κ2) is 11.0. The molecule has 0 aromatic rings. The van der Waals surface area contributed by atoms with Gasteiger partial charge in [-0.3, -0.25) is 4.57 Å². The van der Waals surface area contributed by atoms with E-state index in [2.05, 4.69) is 12.0 Å². The van der Waals surface area contributed by atoms with Gasteiger partial charge in [-0.2, -0.15) is 0 Å². The lowest BCUT2D eigenvalue weighted by Gasteiger charge is -2.15. The lowest BCUT2D eigenvalue weighted by Crippen LogP contribution is -2.22. The van der Waals surface area contributed by atoms with Crippen LogP contribution in [0.4, 0.5) is 0 Å². The highest BCUT2D eigenvalue weighted by Gasteiger charge is 2.12. The van der Waals surface area contributed by atoms with E-state index in [1.54, 1.807) is 0 Å². The average molecular weight is 277 g/mol. The van der Waals surface area contributed by atoms with Crippen molar-refractivity contribution in [1.82, 2.24) is 5.09 Å². The van der Waals surface area contributed by atoms with Gasteiger partial charge in [0.1, 0.15) is 0 Å². The van der Waals surface area contributed by atoms with Gasteiger partial charge in [-0.1, -0.05) is 64.7 Å². The largest absolute Gasteiger partial charge is 0.333 e. The molecule has 110 valence electrons. The van der Waals surface area contributed by atoms with Gasteiger partial charge in [0, 0.05) is 12.7 Å². The van der Waals surface area contributed by atoms with Crippen LogP contribution in [0.5, 0.6) is 0 Å². The Labute approximate surface area is 113 Å². The molecule has 0 aromatic heterocycles. The average Bonchev–Trinajstić information content (AvgIpc) is 2.24. The van der Waals surface area contributed by atoms with Crippen molar-refractivity contribution in [3.05, 3.63) is 0 Å². The molecule has 2 unspecified atom stereocenters. The lowest BCUT2D eigenvalue weighted by atomic mass is 10.1. The van der Waals surface area contributed by atoms with Crippen LogP contribution in [0.2, 0.25) is 0 Å². The van der Waals surface area contributed by atoms with Gasteiger partial charge in [-0.25, -0.2) is 5.09 Å². The Kier molecular flexibility index (Phi) is 11.1. The maximum atomic E-state index is 11.1. The number of unbranched alkanes of at least 4 members (excludes halogenated alkanes) is 8. The van der Waals surface area contributed by atoms with E-state index >= 15 is 0 Å². The van der Waals surface area contributed by atoms with E-state index in [-0.39, 0.29) is 6.04 Å². The summed E-state index contributed by atoms with van der Waals surface area (Å²) in [5, 5.41) is 2.76. The van der Waals surface area contributed by atoms with Crippen LogP contribution in [0.15, 0.2) is 0 Å². The van der Waals surface area contributed by atoms with Crippen molar-refractivity contribution in [2.24, 2.45) is 0 Å². The van der Waals surface area contributed by atoms with Crippen molar-refractivity contribution >= 4 is 7.52 Å². The number of nitrogens with one attached hydrogen (secondary N) is 1. The minimum atomic E-state index is -3.05. The molecule has 0 fully saturated rings. The molecule has 0 radical (unpaired) electrons. The number of hydrogen-bond donors (Lipinski definition) is 2. The molecule has 2 atom stereocenters. The second-order valence-electron chi connectivity index (χ2n) is 5.53. The first-order valence-electron chi connectivity index (χ1n) is 7.53. The van der Waals surface area contributed by atoms with Crippen molar-refractivity contribution in [1.29, 1.82) is 0 Å². The van der Waals surface area contributed by atoms with Crippen molar-refractivity contribution in [3.63, 3.8) is 0 Å². The molecule has 0 heterocycles. The molecule has 2 N–H and O–H groups in total. The third-order valence-corrected chi connectivity index (χ3v) is 4.12. The normalized spacial score (nSPS) is 16.4. The summed E-state index contributed by atoms with van der Waals surface area (Å²) in [6, 6.07) is 0.149. The van der Waals surface area contributed by atoms with E-state index in [0.717, 1.165) is 12.8 Å². The van der Waals surface area contributed by atoms with E-state index < -0.39 is 7.52 Å². The van der Waals surface area contributed by atoms with Gasteiger partial charge in [0.15, 0.2) is 0 Å². The van der Waals surface area contributed by atoms with Gasteiger partial charge in [-0.05, 0) is 13.3 Å². The van der Waals surface area contributed by atoms with Crippen LogP contribution in [0.1, 0.15) is 78.1 Å². The molecule has 3 nitrogen and oxygen atoms in total. The second-order valence-corrected chi connectivity index (χ2v) is 7.54. The molecule has 0 aliphatic rings. The van der Waals surface area contributed by atoms with Gasteiger partial charge in [0.25, 0.3) is 7.52 Å². The van der Waals surface area contributed by atoms with Gasteiger partial charge in [0.2, 0.25) is 0 Å². The molecule has 18 heavy (non-hydrogen) atoms. The summed E-state index contributed by atoms with van der Waals surface area (Å²) in [6.07, 6.45) is 12.9. The Bertz CT molecular complexity index is 228. The van der Waals surface area contributed by atoms with Crippen molar-refractivity contribution in [2.45, 2.75) is 84.1 Å². The Hall–Kier alpha value is 0.150. The van der Waals surface area contributed by atoms with Crippen molar-refractivity contribution in [3.8, 4) is 0 Å². The number of hydrogen-bond acceptors (Lipinski definition) is 1. The molecule has 0 rings (SSSR count). The van der Waals surface area contributed by atoms with Crippen LogP contribution < -0.4 is 5.09 Å². The van der Waals surface area contributed by atoms with E-state index in [4.69, 9.17) is 0 Å². The molecular formula is C14H32NO2P. The molecule has 0 aromatic carbocycles. The molecule has 4 heteroatoms. The summed E-state index contributed by atoms with van der Waals surface area (Å²) in [7, 11) is -3.05. The maximum absolute atomic E-state index is 11.1. The standard InChI is InChI=1S/C14H32NO2P/c1-4-5-6-7-8-9-10-11-12-13-14(2)15-18(3,16)17/h14H,4-13H2,1-3H3,(H2,15,16,17). The summed E-state index contributed by atoms with van der Waals surface area (Å²) in [5.41, 5.74) is 0. The molecule has 0 spiro atoms. The minimum absolute atomic E-state index is 0.149. The third kappa shape index (κ3) is 14.2. The van der Waals surface area contributed by atoms with E-state index in [1.165, 1.54) is 58.0 Å². The van der Waals surface area contributed by atoms with Gasteiger partial charge < -0.3 is 4.89 Å². The highest BCUT2D eigenvalue weighted by atomic mass is 31.2. The summed E-state index contributed by atoms with van der Waals surface area (Å²) < 4.78 is 11.1. The summed E-state index contributed by atoms with van der Waals surface area (Å²) >= 11 is 0. The molecule has 0 saturated heterocycles. The van der Waals surface area contributed by atoms with Crippen LogP contribution in [-0.2, 0) is 4.57 Å². The quantitative estimate of drug-likeness (QED) is 0.401. The molecule has 0 aliphatic carbocycles. The summed E-state index contributed by atoms with van der Waals surface area (Å²) in [5.74, 6) is 0.